The van der Waals surface area contributed by atoms with Crippen LogP contribution < -0.4 is 15.6 Å². The smallest absolute Gasteiger partial charge is 0.355 e. The molecule has 244 valence electrons. The Labute approximate surface area is 277 Å². The standard InChI is InChI=1S/C27H24N8O9S3/c1-27(2,25(42)43)44-32-16(19-31-26(28)47-33-19)20(36)30-17-21(37)35-18(24(40)41)13(10-46-22(17)35)9-34-7-5-12(6-8-34)3-4-15-29-14(11-45-15)23(38)39/h3-8,11,17,22H,9-10H2,1-2H3,(H5-,28,30,31,33,36,38,39,40,41,42,43)/p+1/b4-3+,32-16-/t17-,22-/m1/s1. The molecule has 3 aromatic rings. The second kappa shape index (κ2) is 13.3. The molecule has 20 heteroatoms. The number of nitrogens with one attached hydrogen (secondary N) is 1. The number of oxime groups is 1. The number of carbonyl (C=O) groups excluding carboxylic acids is 2. The molecule has 5 heterocycles. The van der Waals surface area contributed by atoms with Crippen LogP contribution in [0.15, 0.2) is 46.3 Å². The Balaban J connectivity index is 1.29. The van der Waals surface area contributed by atoms with Crippen LogP contribution in [0.5, 0.6) is 0 Å². The molecule has 2 amide bonds. The van der Waals surface area contributed by atoms with Crippen molar-refractivity contribution in [1.29, 1.82) is 0 Å². The maximum atomic E-state index is 13.2. The number of carbonyl (C=O) groups is 5. The van der Waals surface area contributed by atoms with Crippen LogP contribution in [0.3, 0.4) is 0 Å². The Morgan fingerprint density at radius 1 is 1.17 bits per heavy atom. The van der Waals surface area contributed by atoms with E-state index in [0.29, 0.717) is 10.6 Å². The van der Waals surface area contributed by atoms with E-state index in [9.17, 15) is 34.2 Å². The van der Waals surface area contributed by atoms with Crippen LogP contribution in [0.2, 0.25) is 0 Å². The number of carboxylic acids is 3. The number of nitrogens with zero attached hydrogens (tertiary/aromatic N) is 6. The van der Waals surface area contributed by atoms with Crippen LogP contribution in [-0.4, -0.2) is 92.8 Å². The molecule has 2 aliphatic heterocycles. The fourth-order valence-corrected chi connectivity index (χ4v) is 6.72. The molecule has 0 aliphatic carbocycles. The zero-order valence-electron chi connectivity index (χ0n) is 24.4. The van der Waals surface area contributed by atoms with Gasteiger partial charge in [0.15, 0.2) is 29.8 Å². The molecular formula is C27H25N8O9S3+. The van der Waals surface area contributed by atoms with Gasteiger partial charge in [0.05, 0.1) is 0 Å². The van der Waals surface area contributed by atoms with Crippen molar-refractivity contribution < 1.29 is 48.7 Å². The van der Waals surface area contributed by atoms with Crippen molar-refractivity contribution in [2.24, 2.45) is 5.16 Å². The molecule has 3 aromatic heterocycles. The van der Waals surface area contributed by atoms with E-state index in [-0.39, 0.29) is 34.6 Å². The lowest BCUT2D eigenvalue weighted by Crippen LogP contribution is -2.71. The summed E-state index contributed by atoms with van der Waals surface area (Å²) in [4.78, 5) is 75.4. The van der Waals surface area contributed by atoms with Crippen LogP contribution in [0.4, 0.5) is 5.13 Å². The number of anilines is 1. The molecule has 0 aromatic carbocycles. The topological polar surface area (TPSA) is 251 Å². The Kier molecular flexibility index (Phi) is 9.36. The van der Waals surface area contributed by atoms with Gasteiger partial charge in [-0.15, -0.1) is 23.1 Å². The first kappa shape index (κ1) is 33.2. The summed E-state index contributed by atoms with van der Waals surface area (Å²) in [5, 5.41) is 35.8. The van der Waals surface area contributed by atoms with Gasteiger partial charge in [0.25, 0.3) is 11.8 Å². The van der Waals surface area contributed by atoms with Crippen molar-refractivity contribution in [2.45, 2.75) is 37.4 Å². The monoisotopic (exact) mass is 701 g/mol. The molecule has 0 spiro atoms. The number of thioether (sulfide) groups is 1. The van der Waals surface area contributed by atoms with E-state index in [1.54, 1.807) is 41.2 Å². The molecule has 2 aliphatic rings. The average molecular weight is 702 g/mol. The van der Waals surface area contributed by atoms with Crippen molar-refractivity contribution >= 4 is 87.3 Å². The number of aliphatic carboxylic acids is 2. The van der Waals surface area contributed by atoms with Crippen LogP contribution >= 0.6 is 34.6 Å². The van der Waals surface area contributed by atoms with E-state index < -0.39 is 52.5 Å². The molecule has 5 rings (SSSR count). The minimum Gasteiger partial charge on any atom is -0.478 e. The third kappa shape index (κ3) is 7.13. The number of aromatic carboxylic acids is 1. The summed E-state index contributed by atoms with van der Waals surface area (Å²) in [6, 6.07) is 2.45. The summed E-state index contributed by atoms with van der Waals surface area (Å²) >= 11 is 3.22. The van der Waals surface area contributed by atoms with Crippen LogP contribution in [0, 0.1) is 0 Å². The van der Waals surface area contributed by atoms with Crippen molar-refractivity contribution in [3.05, 3.63) is 63.3 Å². The summed E-state index contributed by atoms with van der Waals surface area (Å²) in [6.07, 6.45) is 6.93. The van der Waals surface area contributed by atoms with Crippen molar-refractivity contribution in [3.63, 3.8) is 0 Å². The lowest BCUT2D eigenvalue weighted by atomic mass is 10.0. The van der Waals surface area contributed by atoms with Gasteiger partial charge in [0, 0.05) is 40.4 Å². The number of thiazole rings is 1. The lowest BCUT2D eigenvalue weighted by molar-refractivity contribution is -0.689. The largest absolute Gasteiger partial charge is 0.478 e. The number of nitrogens with two attached hydrogens (primary N) is 1. The second-order valence-electron chi connectivity index (χ2n) is 10.4. The van der Waals surface area contributed by atoms with Gasteiger partial charge in [-0.25, -0.2) is 23.9 Å². The highest BCUT2D eigenvalue weighted by Gasteiger charge is 2.55. The Morgan fingerprint density at radius 3 is 2.49 bits per heavy atom. The molecule has 47 heavy (non-hydrogen) atoms. The highest BCUT2D eigenvalue weighted by atomic mass is 32.2. The molecule has 1 fully saturated rings. The van der Waals surface area contributed by atoms with E-state index in [2.05, 4.69) is 24.8 Å². The second-order valence-corrected chi connectivity index (χ2v) is 13.2. The quantitative estimate of drug-likeness (QED) is 0.0757. The number of pyridine rings is 1. The number of hydrogen-bond acceptors (Lipinski definition) is 14. The van der Waals surface area contributed by atoms with Crippen molar-refractivity contribution in [1.82, 2.24) is 24.6 Å². The van der Waals surface area contributed by atoms with E-state index in [0.717, 1.165) is 22.0 Å². The first-order chi connectivity index (χ1) is 22.2. The van der Waals surface area contributed by atoms with E-state index in [1.807, 2.05) is 0 Å². The Morgan fingerprint density at radius 2 is 1.89 bits per heavy atom. The highest BCUT2D eigenvalue weighted by Crippen LogP contribution is 2.40. The van der Waals surface area contributed by atoms with Gasteiger partial charge < -0.3 is 31.2 Å². The number of amides is 2. The first-order valence-corrected chi connectivity index (χ1v) is 16.1. The highest BCUT2D eigenvalue weighted by molar-refractivity contribution is 8.00. The van der Waals surface area contributed by atoms with Gasteiger partial charge in [-0.3, -0.25) is 14.5 Å². The van der Waals surface area contributed by atoms with E-state index in [4.69, 9.17) is 15.7 Å². The molecular weight excluding hydrogens is 677 g/mol. The molecule has 0 saturated carbocycles. The Bertz CT molecular complexity index is 1870. The van der Waals surface area contributed by atoms with Gasteiger partial charge in [-0.2, -0.15) is 9.36 Å². The normalized spacial score (nSPS) is 18.1. The van der Waals surface area contributed by atoms with Crippen LogP contribution in [-0.2, 0) is 30.6 Å². The number of hydrogen-bond donors (Lipinski definition) is 5. The summed E-state index contributed by atoms with van der Waals surface area (Å²) in [7, 11) is 0. The SMILES string of the molecule is CC(C)(O/N=C(\C(=O)N[C@@H]1C(=O)N2C(C(=O)O)=C(C[n+]3ccc(/C=C/c4nc(C(=O)O)cs4)cc3)CS[C@H]12)c1nsc(N)n1)C(=O)O. The van der Waals surface area contributed by atoms with Crippen LogP contribution in [0.1, 0.15) is 40.7 Å². The molecule has 17 nitrogen and oxygen atoms in total. The fourth-order valence-electron chi connectivity index (χ4n) is 4.26. The third-order valence-corrected chi connectivity index (χ3v) is 9.43. The third-order valence-electron chi connectivity index (χ3n) is 6.73. The lowest BCUT2D eigenvalue weighted by Gasteiger charge is -2.49. The predicted molar refractivity (Wildman–Crippen MR) is 168 cm³/mol. The van der Waals surface area contributed by atoms with E-state index in [1.165, 1.54) is 42.3 Å². The molecule has 0 unspecified atom stereocenters. The van der Waals surface area contributed by atoms with Crippen LogP contribution in [0.25, 0.3) is 12.2 Å². The zero-order valence-corrected chi connectivity index (χ0v) is 26.8. The summed E-state index contributed by atoms with van der Waals surface area (Å²) in [5.41, 5.74) is 4.36. The fraction of sp³-hybridized carbons (Fsp3) is 0.259. The van der Waals surface area contributed by atoms with Gasteiger partial charge in [-0.05, 0) is 25.5 Å². The maximum Gasteiger partial charge on any atom is 0.355 e. The van der Waals surface area contributed by atoms with E-state index >= 15 is 0 Å². The first-order valence-electron chi connectivity index (χ1n) is 13.4. The molecule has 1 saturated heterocycles. The minimum absolute atomic E-state index is 0.00577. The number of carboxylic acid groups (broad SMARTS) is 3. The summed E-state index contributed by atoms with van der Waals surface area (Å²) in [5.74, 6) is -5.37. The van der Waals surface area contributed by atoms with Crippen molar-refractivity contribution in [2.75, 3.05) is 11.5 Å². The number of nitrogen functional groups attached to an aromatic ring is 1. The van der Waals surface area contributed by atoms with Gasteiger partial charge in [0.1, 0.15) is 22.1 Å². The Hall–Kier alpha value is -5.21. The van der Waals surface area contributed by atoms with Gasteiger partial charge in [0.2, 0.25) is 17.1 Å². The van der Waals surface area contributed by atoms with Gasteiger partial charge in [-0.1, -0.05) is 11.2 Å². The van der Waals surface area contributed by atoms with Gasteiger partial charge >= 0.3 is 17.9 Å². The predicted octanol–water partition coefficient (Wildman–Crippen LogP) is 0.756. The number of aromatic nitrogens is 4. The molecule has 0 bridgehead atoms. The number of rotatable bonds is 12. The van der Waals surface area contributed by atoms with Crippen molar-refractivity contribution in [3.8, 4) is 0 Å². The average Bonchev–Trinajstić information content (AvgIpc) is 3.68. The summed E-state index contributed by atoms with van der Waals surface area (Å²) in [6.45, 7) is 2.60. The summed E-state index contributed by atoms with van der Waals surface area (Å²) < 4.78 is 5.68. The molecule has 2 atom stereocenters. The molecule has 0 radical (unpaired) electrons. The zero-order chi connectivity index (χ0) is 34.0. The molecule has 6 N–H and O–H groups in total. The minimum atomic E-state index is -1.81. The maximum absolute atomic E-state index is 13.2. The number of fused-ring (bicyclic) bond motifs is 1. The number of β-lactam (4-membered cyclic amide) rings is 1.